The Labute approximate surface area is 138 Å². The monoisotopic (exact) mass is 310 g/mol. The SMILES string of the molecule is Cn1cc(C(=O)N2CC3(C)CC2CC(C)(C)C3)c2ccccc21. The molecule has 1 amide bonds. The first kappa shape index (κ1) is 14.8. The molecule has 2 aliphatic rings. The van der Waals surface area contributed by atoms with Crippen LogP contribution in [-0.4, -0.2) is 28.0 Å². The van der Waals surface area contributed by atoms with Gasteiger partial charge in [0.15, 0.2) is 0 Å². The average molecular weight is 310 g/mol. The molecule has 4 rings (SSSR count). The van der Waals surface area contributed by atoms with Crippen molar-refractivity contribution >= 4 is 16.8 Å². The van der Waals surface area contributed by atoms with Crippen LogP contribution in [0.15, 0.2) is 30.5 Å². The summed E-state index contributed by atoms with van der Waals surface area (Å²) in [5, 5.41) is 1.07. The Bertz CT molecular complexity index is 788. The molecular weight excluding hydrogens is 284 g/mol. The van der Waals surface area contributed by atoms with Crippen LogP contribution in [0.25, 0.3) is 10.9 Å². The van der Waals surface area contributed by atoms with E-state index < -0.39 is 0 Å². The van der Waals surface area contributed by atoms with Gasteiger partial charge in [-0.2, -0.15) is 0 Å². The molecule has 1 aromatic carbocycles. The molecule has 0 spiro atoms. The molecule has 2 bridgehead atoms. The van der Waals surface area contributed by atoms with E-state index in [4.69, 9.17) is 0 Å². The third-order valence-electron chi connectivity index (χ3n) is 5.80. The molecule has 23 heavy (non-hydrogen) atoms. The Hall–Kier alpha value is -1.77. The summed E-state index contributed by atoms with van der Waals surface area (Å²) >= 11 is 0. The molecule has 0 N–H and O–H groups in total. The van der Waals surface area contributed by atoms with Crippen LogP contribution in [0.1, 0.15) is 50.4 Å². The number of benzene rings is 1. The van der Waals surface area contributed by atoms with Gasteiger partial charge in [0.2, 0.25) is 0 Å². The first-order valence-corrected chi connectivity index (χ1v) is 8.63. The molecule has 2 unspecified atom stereocenters. The van der Waals surface area contributed by atoms with Gasteiger partial charge < -0.3 is 9.47 Å². The molecular formula is C20H26N2O. The number of likely N-dealkylation sites (tertiary alicyclic amines) is 1. The highest BCUT2D eigenvalue weighted by Crippen LogP contribution is 2.52. The summed E-state index contributed by atoms with van der Waals surface area (Å²) in [5.74, 6) is 0.216. The number of hydrogen-bond donors (Lipinski definition) is 0. The minimum atomic E-state index is 0.216. The van der Waals surface area contributed by atoms with Crippen molar-refractivity contribution in [3.05, 3.63) is 36.0 Å². The van der Waals surface area contributed by atoms with Crippen molar-refractivity contribution < 1.29 is 4.79 Å². The Morgan fingerprint density at radius 3 is 2.70 bits per heavy atom. The minimum Gasteiger partial charge on any atom is -0.350 e. The summed E-state index contributed by atoms with van der Waals surface area (Å²) in [6.07, 6.45) is 5.50. The van der Waals surface area contributed by atoms with Crippen LogP contribution >= 0.6 is 0 Å². The summed E-state index contributed by atoms with van der Waals surface area (Å²) in [5.41, 5.74) is 2.61. The molecule has 1 aliphatic heterocycles. The van der Waals surface area contributed by atoms with Gasteiger partial charge in [-0.05, 0) is 36.2 Å². The predicted molar refractivity (Wildman–Crippen MR) is 93.5 cm³/mol. The zero-order chi connectivity index (χ0) is 16.4. The Balaban J connectivity index is 1.72. The minimum absolute atomic E-state index is 0.216. The van der Waals surface area contributed by atoms with E-state index in [-0.39, 0.29) is 11.3 Å². The van der Waals surface area contributed by atoms with Crippen LogP contribution in [0.5, 0.6) is 0 Å². The number of amides is 1. The Kier molecular flexibility index (Phi) is 2.97. The van der Waals surface area contributed by atoms with E-state index in [1.54, 1.807) is 0 Å². The highest BCUT2D eigenvalue weighted by molar-refractivity contribution is 6.07. The van der Waals surface area contributed by atoms with Crippen molar-refractivity contribution in [3.63, 3.8) is 0 Å². The largest absolute Gasteiger partial charge is 0.350 e. The maximum atomic E-state index is 13.3. The maximum absolute atomic E-state index is 13.3. The molecule has 1 aromatic heterocycles. The van der Waals surface area contributed by atoms with Crippen LogP contribution in [0.4, 0.5) is 0 Å². The number of para-hydroxylation sites is 1. The number of rotatable bonds is 1. The zero-order valence-electron chi connectivity index (χ0n) is 14.6. The second-order valence-corrected chi connectivity index (χ2v) is 8.82. The lowest BCUT2D eigenvalue weighted by molar-refractivity contribution is 0.0710. The first-order chi connectivity index (χ1) is 10.8. The molecule has 1 saturated carbocycles. The van der Waals surface area contributed by atoms with Gasteiger partial charge in [0.1, 0.15) is 0 Å². The van der Waals surface area contributed by atoms with Gasteiger partial charge in [0, 0.05) is 36.7 Å². The standard InChI is InChI=1S/C20H26N2O/c1-19(2)9-14-10-20(3,12-19)13-22(14)18(23)16-11-21(4)17-8-6-5-7-15(16)17/h5-8,11,14H,9-10,12-13H2,1-4H3. The van der Waals surface area contributed by atoms with E-state index in [9.17, 15) is 4.79 Å². The van der Waals surface area contributed by atoms with Crippen LogP contribution in [0.3, 0.4) is 0 Å². The Morgan fingerprint density at radius 1 is 1.17 bits per heavy atom. The van der Waals surface area contributed by atoms with E-state index in [1.807, 2.05) is 25.4 Å². The molecule has 3 heteroatoms. The lowest BCUT2D eigenvalue weighted by Crippen LogP contribution is -2.37. The molecule has 1 aliphatic carbocycles. The second kappa shape index (κ2) is 4.62. The van der Waals surface area contributed by atoms with E-state index in [0.717, 1.165) is 35.9 Å². The van der Waals surface area contributed by atoms with E-state index in [0.29, 0.717) is 11.5 Å². The molecule has 0 radical (unpaired) electrons. The number of aromatic nitrogens is 1. The van der Waals surface area contributed by atoms with E-state index in [1.165, 1.54) is 6.42 Å². The normalized spacial score (nSPS) is 29.2. The summed E-state index contributed by atoms with van der Waals surface area (Å²) in [7, 11) is 2.02. The number of carbonyl (C=O) groups is 1. The molecule has 2 aromatic rings. The van der Waals surface area contributed by atoms with Gasteiger partial charge in [-0.1, -0.05) is 39.0 Å². The second-order valence-electron chi connectivity index (χ2n) is 8.82. The van der Waals surface area contributed by atoms with Crippen LogP contribution < -0.4 is 0 Å². The number of fused-ring (bicyclic) bond motifs is 3. The number of nitrogens with zero attached hydrogens (tertiary/aromatic N) is 2. The van der Waals surface area contributed by atoms with Gasteiger partial charge in [0.25, 0.3) is 5.91 Å². The molecule has 1 saturated heterocycles. The summed E-state index contributed by atoms with van der Waals surface area (Å²) < 4.78 is 2.07. The molecule has 3 nitrogen and oxygen atoms in total. The number of aryl methyl sites for hydroxylation is 1. The fraction of sp³-hybridized carbons (Fsp3) is 0.550. The van der Waals surface area contributed by atoms with Crippen molar-refractivity contribution in [3.8, 4) is 0 Å². The average Bonchev–Trinajstić information content (AvgIpc) is 2.92. The summed E-state index contributed by atoms with van der Waals surface area (Å²) in [6, 6.07) is 8.60. The van der Waals surface area contributed by atoms with Crippen LogP contribution in [0.2, 0.25) is 0 Å². The van der Waals surface area contributed by atoms with Crippen molar-refractivity contribution in [1.82, 2.24) is 9.47 Å². The molecule has 122 valence electrons. The fourth-order valence-electron chi connectivity index (χ4n) is 5.36. The zero-order valence-corrected chi connectivity index (χ0v) is 14.6. The van der Waals surface area contributed by atoms with Crippen molar-refractivity contribution in [2.24, 2.45) is 17.9 Å². The fourth-order valence-corrected chi connectivity index (χ4v) is 5.36. The smallest absolute Gasteiger partial charge is 0.256 e. The molecule has 2 fully saturated rings. The Morgan fingerprint density at radius 2 is 1.91 bits per heavy atom. The summed E-state index contributed by atoms with van der Waals surface area (Å²) in [4.78, 5) is 15.4. The summed E-state index contributed by atoms with van der Waals surface area (Å²) in [6.45, 7) is 7.97. The number of hydrogen-bond acceptors (Lipinski definition) is 1. The van der Waals surface area contributed by atoms with Crippen molar-refractivity contribution in [1.29, 1.82) is 0 Å². The highest BCUT2D eigenvalue weighted by Gasteiger charge is 2.51. The lowest BCUT2D eigenvalue weighted by Gasteiger charge is -2.39. The number of carbonyl (C=O) groups excluding carboxylic acids is 1. The van der Waals surface area contributed by atoms with Gasteiger partial charge in [-0.3, -0.25) is 4.79 Å². The quantitative estimate of drug-likeness (QED) is 0.774. The van der Waals surface area contributed by atoms with Crippen LogP contribution in [-0.2, 0) is 7.05 Å². The highest BCUT2D eigenvalue weighted by atomic mass is 16.2. The van der Waals surface area contributed by atoms with E-state index >= 15 is 0 Å². The van der Waals surface area contributed by atoms with Gasteiger partial charge in [-0.15, -0.1) is 0 Å². The van der Waals surface area contributed by atoms with Gasteiger partial charge in [0.05, 0.1) is 5.56 Å². The lowest BCUT2D eigenvalue weighted by atomic mass is 9.65. The first-order valence-electron chi connectivity index (χ1n) is 8.63. The third-order valence-corrected chi connectivity index (χ3v) is 5.80. The molecule has 2 atom stereocenters. The van der Waals surface area contributed by atoms with Crippen LogP contribution in [0, 0.1) is 10.8 Å². The topological polar surface area (TPSA) is 25.2 Å². The molecule has 2 heterocycles. The third kappa shape index (κ3) is 2.29. The van der Waals surface area contributed by atoms with Crippen molar-refractivity contribution in [2.75, 3.05) is 6.54 Å². The van der Waals surface area contributed by atoms with Gasteiger partial charge >= 0.3 is 0 Å². The predicted octanol–water partition coefficient (Wildman–Crippen LogP) is 4.22. The maximum Gasteiger partial charge on any atom is 0.256 e. The van der Waals surface area contributed by atoms with Gasteiger partial charge in [-0.25, -0.2) is 0 Å². The van der Waals surface area contributed by atoms with Crippen molar-refractivity contribution in [2.45, 2.75) is 46.1 Å². The van der Waals surface area contributed by atoms with E-state index in [2.05, 4.69) is 42.4 Å².